The summed E-state index contributed by atoms with van der Waals surface area (Å²) in [4.78, 5) is 13.2. The zero-order valence-electron chi connectivity index (χ0n) is 6.18. The number of nitro groups is 1. The summed E-state index contributed by atoms with van der Waals surface area (Å²) in [5.41, 5.74) is 5.86. The first-order chi connectivity index (χ1) is 5.74. The number of nitrogens with two attached hydrogens (primary N) is 1. The summed E-state index contributed by atoms with van der Waals surface area (Å²) in [7, 11) is 0. The topological polar surface area (TPSA) is 82.0 Å². The Labute approximate surface area is 68.7 Å². The second-order valence-corrected chi connectivity index (χ2v) is 2.07. The molecular formula is C7H7N3O2. The van der Waals surface area contributed by atoms with Gasteiger partial charge in [0.25, 0.3) is 0 Å². The summed E-state index contributed by atoms with van der Waals surface area (Å²) < 4.78 is 0. The van der Waals surface area contributed by atoms with Crippen molar-refractivity contribution in [1.82, 2.24) is 4.98 Å². The summed E-state index contributed by atoms with van der Waals surface area (Å²) in [6.07, 6.45) is 4.35. The maximum absolute atomic E-state index is 10.2. The average molecular weight is 165 g/mol. The lowest BCUT2D eigenvalue weighted by molar-refractivity contribution is -0.389. The van der Waals surface area contributed by atoms with Crippen LogP contribution in [0, 0.1) is 10.1 Å². The molecule has 1 aromatic rings. The quantitative estimate of drug-likeness (QED) is 0.521. The largest absolute Gasteiger partial charge is 0.405 e. The molecule has 1 rings (SSSR count). The minimum Gasteiger partial charge on any atom is -0.405 e. The third-order valence-corrected chi connectivity index (χ3v) is 1.25. The van der Waals surface area contributed by atoms with Crippen LogP contribution in [0.5, 0.6) is 0 Å². The van der Waals surface area contributed by atoms with E-state index in [4.69, 9.17) is 5.73 Å². The summed E-state index contributed by atoms with van der Waals surface area (Å²) in [5, 5.41) is 10.2. The van der Waals surface area contributed by atoms with Crippen LogP contribution in [-0.2, 0) is 0 Å². The Morgan fingerprint density at radius 3 is 2.75 bits per heavy atom. The smallest absolute Gasteiger partial charge is 0.363 e. The van der Waals surface area contributed by atoms with E-state index in [2.05, 4.69) is 4.98 Å². The Bertz CT molecular complexity index is 305. The van der Waals surface area contributed by atoms with Crippen LogP contribution in [-0.4, -0.2) is 9.91 Å². The Morgan fingerprint density at radius 2 is 2.33 bits per heavy atom. The minimum absolute atomic E-state index is 0.163. The number of hydrogen-bond donors (Lipinski definition) is 1. The molecule has 0 aromatic carbocycles. The first-order valence-electron chi connectivity index (χ1n) is 3.23. The lowest BCUT2D eigenvalue weighted by Gasteiger charge is -1.90. The Balaban J connectivity index is 2.93. The van der Waals surface area contributed by atoms with Crippen LogP contribution < -0.4 is 5.73 Å². The molecular weight excluding hydrogens is 158 g/mol. The maximum atomic E-state index is 10.2. The van der Waals surface area contributed by atoms with E-state index in [0.717, 1.165) is 5.56 Å². The highest BCUT2D eigenvalue weighted by atomic mass is 16.6. The fraction of sp³-hybridized carbons (Fsp3) is 0. The fourth-order valence-corrected chi connectivity index (χ4v) is 0.715. The van der Waals surface area contributed by atoms with Crippen LogP contribution in [0.15, 0.2) is 24.5 Å². The molecule has 5 heteroatoms. The number of nitrogens with zero attached hydrogens (tertiary/aromatic N) is 2. The van der Waals surface area contributed by atoms with Gasteiger partial charge >= 0.3 is 5.82 Å². The maximum Gasteiger partial charge on any atom is 0.363 e. The SMILES string of the molecule is NC=Cc1ccc([N+](=O)[O-])nc1. The van der Waals surface area contributed by atoms with Crippen molar-refractivity contribution in [1.29, 1.82) is 0 Å². The molecule has 0 unspecified atom stereocenters. The number of hydrogen-bond acceptors (Lipinski definition) is 4. The molecule has 0 aliphatic rings. The zero-order chi connectivity index (χ0) is 8.97. The number of aromatic nitrogens is 1. The van der Waals surface area contributed by atoms with E-state index < -0.39 is 4.92 Å². The molecule has 0 saturated carbocycles. The van der Waals surface area contributed by atoms with Crippen molar-refractivity contribution in [3.8, 4) is 0 Å². The van der Waals surface area contributed by atoms with Crippen LogP contribution in [0.3, 0.4) is 0 Å². The molecule has 0 fully saturated rings. The lowest BCUT2D eigenvalue weighted by atomic mass is 10.3. The lowest BCUT2D eigenvalue weighted by Crippen LogP contribution is -1.91. The summed E-state index contributed by atoms with van der Waals surface area (Å²) in [6, 6.07) is 2.91. The molecule has 0 spiro atoms. The third-order valence-electron chi connectivity index (χ3n) is 1.25. The monoisotopic (exact) mass is 165 g/mol. The van der Waals surface area contributed by atoms with E-state index >= 15 is 0 Å². The van der Waals surface area contributed by atoms with Crippen molar-refractivity contribution in [3.63, 3.8) is 0 Å². The van der Waals surface area contributed by atoms with Crippen molar-refractivity contribution in [2.45, 2.75) is 0 Å². The molecule has 0 bridgehead atoms. The first-order valence-corrected chi connectivity index (χ1v) is 3.23. The van der Waals surface area contributed by atoms with Gasteiger partial charge in [0, 0.05) is 11.6 Å². The van der Waals surface area contributed by atoms with Crippen molar-refractivity contribution in [3.05, 3.63) is 40.2 Å². The van der Waals surface area contributed by atoms with Crippen LogP contribution in [0.2, 0.25) is 0 Å². The van der Waals surface area contributed by atoms with Gasteiger partial charge < -0.3 is 15.8 Å². The van der Waals surface area contributed by atoms with Gasteiger partial charge in [-0.3, -0.25) is 0 Å². The van der Waals surface area contributed by atoms with Crippen molar-refractivity contribution in [2.75, 3.05) is 0 Å². The number of rotatable bonds is 2. The van der Waals surface area contributed by atoms with E-state index in [9.17, 15) is 10.1 Å². The van der Waals surface area contributed by atoms with Gasteiger partial charge in [0.2, 0.25) is 0 Å². The molecule has 0 saturated heterocycles. The van der Waals surface area contributed by atoms with Gasteiger partial charge in [-0.1, -0.05) is 0 Å². The normalized spacial score (nSPS) is 10.3. The van der Waals surface area contributed by atoms with Crippen LogP contribution in [0.25, 0.3) is 6.08 Å². The van der Waals surface area contributed by atoms with E-state index in [1.54, 1.807) is 12.1 Å². The highest BCUT2D eigenvalue weighted by Gasteiger charge is 2.03. The molecule has 1 aromatic heterocycles. The fourth-order valence-electron chi connectivity index (χ4n) is 0.715. The molecule has 0 amide bonds. The van der Waals surface area contributed by atoms with Gasteiger partial charge in [0.15, 0.2) is 0 Å². The van der Waals surface area contributed by atoms with Crippen LogP contribution in [0.1, 0.15) is 5.56 Å². The van der Waals surface area contributed by atoms with Crippen molar-refractivity contribution < 1.29 is 4.92 Å². The summed E-state index contributed by atoms with van der Waals surface area (Å²) in [6.45, 7) is 0. The first kappa shape index (κ1) is 8.19. The number of pyridine rings is 1. The van der Waals surface area contributed by atoms with E-state index in [-0.39, 0.29) is 5.82 Å². The highest BCUT2D eigenvalue weighted by Crippen LogP contribution is 2.07. The Morgan fingerprint density at radius 1 is 1.58 bits per heavy atom. The zero-order valence-corrected chi connectivity index (χ0v) is 6.18. The van der Waals surface area contributed by atoms with Crippen molar-refractivity contribution in [2.24, 2.45) is 5.73 Å². The Kier molecular flexibility index (Phi) is 2.37. The molecule has 0 atom stereocenters. The van der Waals surface area contributed by atoms with E-state index in [1.165, 1.54) is 18.5 Å². The minimum atomic E-state index is -0.546. The standard InChI is InChI=1S/C7H7N3O2/c8-4-3-6-1-2-7(9-5-6)10(11)12/h1-5H,8H2. The van der Waals surface area contributed by atoms with Crippen molar-refractivity contribution >= 4 is 11.9 Å². The molecule has 5 nitrogen and oxygen atoms in total. The second-order valence-electron chi connectivity index (χ2n) is 2.07. The second kappa shape index (κ2) is 3.47. The molecule has 0 aliphatic carbocycles. The van der Waals surface area contributed by atoms with E-state index in [0.29, 0.717) is 0 Å². The van der Waals surface area contributed by atoms with Gasteiger partial charge in [-0.15, -0.1) is 0 Å². The van der Waals surface area contributed by atoms with Gasteiger partial charge in [-0.2, -0.15) is 0 Å². The third kappa shape index (κ3) is 1.79. The molecule has 12 heavy (non-hydrogen) atoms. The predicted molar refractivity (Wildman–Crippen MR) is 44.1 cm³/mol. The molecule has 1 heterocycles. The highest BCUT2D eigenvalue weighted by molar-refractivity contribution is 5.48. The van der Waals surface area contributed by atoms with E-state index in [1.807, 2.05) is 0 Å². The van der Waals surface area contributed by atoms with Crippen LogP contribution in [0.4, 0.5) is 5.82 Å². The molecule has 62 valence electrons. The molecule has 2 N–H and O–H groups in total. The summed E-state index contributed by atoms with van der Waals surface area (Å²) in [5.74, 6) is -0.163. The van der Waals surface area contributed by atoms with Gasteiger partial charge in [0.1, 0.15) is 6.20 Å². The van der Waals surface area contributed by atoms with Gasteiger partial charge in [0.05, 0.1) is 0 Å². The van der Waals surface area contributed by atoms with Crippen LogP contribution >= 0.6 is 0 Å². The molecule has 0 aliphatic heterocycles. The van der Waals surface area contributed by atoms with Gasteiger partial charge in [-0.05, 0) is 28.2 Å². The van der Waals surface area contributed by atoms with Gasteiger partial charge in [-0.25, -0.2) is 0 Å². The molecule has 0 radical (unpaired) electrons. The average Bonchev–Trinajstić information content (AvgIpc) is 2.06. The summed E-state index contributed by atoms with van der Waals surface area (Å²) >= 11 is 0. The predicted octanol–water partition coefficient (Wildman–Crippen LogP) is 0.919. The Hall–Kier alpha value is -1.91.